The quantitative estimate of drug-likeness (QED) is 0.895. The average molecular weight is 361 g/mol. The van der Waals surface area contributed by atoms with Crippen molar-refractivity contribution in [1.29, 1.82) is 0 Å². The highest BCUT2D eigenvalue weighted by Crippen LogP contribution is 2.40. The molecule has 4 heterocycles. The number of carbonyl (C=O) groups is 1. The summed E-state index contributed by atoms with van der Waals surface area (Å²) in [5, 5.41) is 2.71. The molecule has 0 unspecified atom stereocenters. The van der Waals surface area contributed by atoms with Crippen LogP contribution in [0.15, 0.2) is 29.8 Å². The number of amides is 1. The first-order valence-electron chi connectivity index (χ1n) is 8.49. The van der Waals surface area contributed by atoms with Crippen molar-refractivity contribution in [2.45, 2.75) is 19.3 Å². The van der Waals surface area contributed by atoms with Crippen molar-refractivity contribution in [1.82, 2.24) is 9.88 Å². The van der Waals surface area contributed by atoms with E-state index in [-0.39, 0.29) is 11.2 Å². The first-order valence-corrected chi connectivity index (χ1v) is 9.37. The van der Waals surface area contributed by atoms with Crippen molar-refractivity contribution in [3.05, 3.63) is 35.6 Å². The van der Waals surface area contributed by atoms with E-state index in [2.05, 4.69) is 15.2 Å². The number of benzene rings is 1. The first kappa shape index (κ1) is 16.5. The van der Waals surface area contributed by atoms with E-state index in [4.69, 9.17) is 4.74 Å². The zero-order valence-corrected chi connectivity index (χ0v) is 14.7. The Morgan fingerprint density at radius 2 is 2.08 bits per heavy atom. The van der Waals surface area contributed by atoms with Crippen molar-refractivity contribution in [3.8, 4) is 10.4 Å². The molecule has 0 aliphatic carbocycles. The molecule has 1 N–H and O–H groups in total. The van der Waals surface area contributed by atoms with Gasteiger partial charge in [-0.05, 0) is 56.6 Å². The molecule has 1 amide bonds. The molecule has 5 rings (SSSR count). The van der Waals surface area contributed by atoms with Gasteiger partial charge in [-0.3, -0.25) is 5.32 Å². The van der Waals surface area contributed by atoms with Gasteiger partial charge in [0.1, 0.15) is 5.82 Å². The minimum absolute atomic E-state index is 0.138. The standard InChI is InChI=1S/C18H20FN3O2S/c19-14-3-1-2-13(10-14)15-16(20-12-25-15)21-17(23)24-11-18-4-7-22(8-5-18)9-6-18/h1-3,10,12H,4-9,11H2,(H,21,23). The molecule has 1 aromatic carbocycles. The summed E-state index contributed by atoms with van der Waals surface area (Å²) in [5.74, 6) is 0.0960. The largest absolute Gasteiger partial charge is 0.449 e. The maximum Gasteiger partial charge on any atom is 0.412 e. The molecule has 0 saturated carbocycles. The lowest BCUT2D eigenvalue weighted by atomic mass is 9.73. The molecule has 0 radical (unpaired) electrons. The van der Waals surface area contributed by atoms with Crippen molar-refractivity contribution < 1.29 is 13.9 Å². The number of carbonyl (C=O) groups excluding carboxylic acids is 1. The average Bonchev–Trinajstić information content (AvgIpc) is 3.10. The van der Waals surface area contributed by atoms with Crippen LogP contribution in [0.1, 0.15) is 19.3 Å². The molecular weight excluding hydrogens is 341 g/mol. The summed E-state index contributed by atoms with van der Waals surface area (Å²) in [6, 6.07) is 6.25. The Bertz CT molecular complexity index is 757. The van der Waals surface area contributed by atoms with Crippen LogP contribution in [0.4, 0.5) is 15.0 Å². The van der Waals surface area contributed by atoms with Crippen LogP contribution in [0.25, 0.3) is 10.4 Å². The number of hydrogen-bond donors (Lipinski definition) is 1. The zero-order valence-electron chi connectivity index (χ0n) is 13.8. The molecule has 2 bridgehead atoms. The highest BCUT2D eigenvalue weighted by atomic mass is 32.1. The fourth-order valence-corrected chi connectivity index (χ4v) is 4.38. The normalized spacial score (nSPS) is 24.9. The summed E-state index contributed by atoms with van der Waals surface area (Å²) >= 11 is 1.36. The Hall–Kier alpha value is -1.99. The number of thiazole rings is 1. The molecule has 0 atom stereocenters. The summed E-state index contributed by atoms with van der Waals surface area (Å²) in [4.78, 5) is 19.6. The van der Waals surface area contributed by atoms with Gasteiger partial charge >= 0.3 is 6.09 Å². The second-order valence-electron chi connectivity index (χ2n) is 6.83. The van der Waals surface area contributed by atoms with Gasteiger partial charge in [-0.2, -0.15) is 0 Å². The summed E-state index contributed by atoms with van der Waals surface area (Å²) in [5.41, 5.74) is 2.46. The number of rotatable bonds is 4. The number of hydrogen-bond acceptors (Lipinski definition) is 5. The summed E-state index contributed by atoms with van der Waals surface area (Å²) in [7, 11) is 0. The minimum Gasteiger partial charge on any atom is -0.449 e. The van der Waals surface area contributed by atoms with E-state index in [0.717, 1.165) is 43.8 Å². The number of halogens is 1. The Morgan fingerprint density at radius 3 is 2.80 bits per heavy atom. The van der Waals surface area contributed by atoms with Crippen LogP contribution in [-0.2, 0) is 4.74 Å². The predicted octanol–water partition coefficient (Wildman–Crippen LogP) is 3.98. The van der Waals surface area contributed by atoms with E-state index in [9.17, 15) is 9.18 Å². The lowest BCUT2D eigenvalue weighted by Gasteiger charge is -2.47. The molecule has 132 valence electrons. The summed E-state index contributed by atoms with van der Waals surface area (Å²) < 4.78 is 18.9. The number of aromatic nitrogens is 1. The summed E-state index contributed by atoms with van der Waals surface area (Å²) in [6.45, 7) is 3.74. The molecule has 7 heteroatoms. The van der Waals surface area contributed by atoms with Crippen LogP contribution in [0, 0.1) is 11.2 Å². The SMILES string of the molecule is O=C(Nc1ncsc1-c1cccc(F)c1)OCC12CCN(CC1)CC2. The molecule has 3 fully saturated rings. The van der Waals surface area contributed by atoms with Gasteiger partial charge in [0.05, 0.1) is 17.0 Å². The number of anilines is 1. The van der Waals surface area contributed by atoms with Crippen molar-refractivity contribution in [2.75, 3.05) is 31.6 Å². The molecule has 5 nitrogen and oxygen atoms in total. The van der Waals surface area contributed by atoms with Crippen LogP contribution in [0.3, 0.4) is 0 Å². The molecule has 1 aromatic heterocycles. The number of nitrogens with zero attached hydrogens (tertiary/aromatic N) is 2. The van der Waals surface area contributed by atoms with Gasteiger partial charge in [0, 0.05) is 5.41 Å². The fraction of sp³-hybridized carbons (Fsp3) is 0.444. The molecular formula is C18H20FN3O2S. The van der Waals surface area contributed by atoms with Crippen LogP contribution >= 0.6 is 11.3 Å². The van der Waals surface area contributed by atoms with E-state index in [1.807, 2.05) is 0 Å². The van der Waals surface area contributed by atoms with Gasteiger partial charge in [0.25, 0.3) is 0 Å². The molecule has 3 aliphatic heterocycles. The first-order chi connectivity index (χ1) is 12.1. The van der Waals surface area contributed by atoms with Gasteiger partial charge in [-0.1, -0.05) is 12.1 Å². The molecule has 25 heavy (non-hydrogen) atoms. The van der Waals surface area contributed by atoms with E-state index in [1.165, 1.54) is 23.5 Å². The van der Waals surface area contributed by atoms with Crippen LogP contribution < -0.4 is 5.32 Å². The van der Waals surface area contributed by atoms with Gasteiger partial charge in [0.2, 0.25) is 0 Å². The molecule has 3 saturated heterocycles. The smallest absolute Gasteiger partial charge is 0.412 e. The lowest BCUT2D eigenvalue weighted by Crippen LogP contribution is -2.50. The maximum atomic E-state index is 13.4. The fourth-order valence-electron chi connectivity index (χ4n) is 3.63. The highest BCUT2D eigenvalue weighted by molar-refractivity contribution is 7.13. The number of fused-ring (bicyclic) bond motifs is 3. The minimum atomic E-state index is -0.495. The third-order valence-electron chi connectivity index (χ3n) is 5.26. The highest BCUT2D eigenvalue weighted by Gasteiger charge is 2.40. The van der Waals surface area contributed by atoms with Gasteiger partial charge < -0.3 is 9.64 Å². The van der Waals surface area contributed by atoms with E-state index in [0.29, 0.717) is 18.0 Å². The third-order valence-corrected chi connectivity index (χ3v) is 6.13. The number of nitrogens with one attached hydrogen (secondary N) is 1. The third kappa shape index (κ3) is 3.52. The maximum absolute atomic E-state index is 13.4. The van der Waals surface area contributed by atoms with Crippen molar-refractivity contribution >= 4 is 23.2 Å². The van der Waals surface area contributed by atoms with E-state index >= 15 is 0 Å². The number of ether oxygens (including phenoxy) is 1. The topological polar surface area (TPSA) is 54.5 Å². The lowest BCUT2D eigenvalue weighted by molar-refractivity contribution is -0.0190. The van der Waals surface area contributed by atoms with Crippen LogP contribution in [0.2, 0.25) is 0 Å². The second-order valence-corrected chi connectivity index (χ2v) is 7.69. The van der Waals surface area contributed by atoms with Gasteiger partial charge in [-0.15, -0.1) is 11.3 Å². The molecule has 2 aromatic rings. The van der Waals surface area contributed by atoms with Crippen molar-refractivity contribution in [2.24, 2.45) is 5.41 Å². The second kappa shape index (κ2) is 6.72. The van der Waals surface area contributed by atoms with E-state index < -0.39 is 6.09 Å². The van der Waals surface area contributed by atoms with E-state index in [1.54, 1.807) is 17.6 Å². The van der Waals surface area contributed by atoms with Gasteiger partial charge in [0.15, 0.2) is 5.82 Å². The van der Waals surface area contributed by atoms with Crippen LogP contribution in [0.5, 0.6) is 0 Å². The Labute approximate surface area is 149 Å². The molecule has 3 aliphatic rings. The van der Waals surface area contributed by atoms with Crippen molar-refractivity contribution in [3.63, 3.8) is 0 Å². The summed E-state index contributed by atoms with van der Waals surface area (Å²) in [6.07, 6.45) is 2.77. The Morgan fingerprint density at radius 1 is 1.32 bits per heavy atom. The van der Waals surface area contributed by atoms with Crippen LogP contribution in [-0.4, -0.2) is 42.2 Å². The Balaban J connectivity index is 1.39. The monoisotopic (exact) mass is 361 g/mol. The number of piperidine rings is 3. The Kier molecular flexibility index (Phi) is 4.43. The molecule has 0 spiro atoms. The zero-order chi connectivity index (χ0) is 17.3. The van der Waals surface area contributed by atoms with Gasteiger partial charge in [-0.25, -0.2) is 14.2 Å². The predicted molar refractivity (Wildman–Crippen MR) is 95.2 cm³/mol.